The zero-order valence-corrected chi connectivity index (χ0v) is 16.1. The fraction of sp³-hybridized carbons (Fsp3) is 1.00. The van der Waals surface area contributed by atoms with E-state index in [9.17, 15) is 0 Å². The van der Waals surface area contributed by atoms with Gasteiger partial charge in [0.25, 0.3) is 0 Å². The molecule has 0 aromatic heterocycles. The van der Waals surface area contributed by atoms with Crippen LogP contribution in [0.3, 0.4) is 0 Å². The number of halogens is 1. The Morgan fingerprint density at radius 1 is 0.526 bits per heavy atom. The van der Waals surface area contributed by atoms with Crippen molar-refractivity contribution in [1.82, 2.24) is 0 Å². The molecule has 0 aliphatic heterocycles. The van der Waals surface area contributed by atoms with Gasteiger partial charge in [-0.05, 0) is 51.3 Å². The van der Waals surface area contributed by atoms with Gasteiger partial charge in [-0.15, -0.1) is 0 Å². The molecule has 0 bridgehead atoms. The zero-order chi connectivity index (χ0) is 14.4. The summed E-state index contributed by atoms with van der Waals surface area (Å²) >= 11 is 4.20. The van der Waals surface area contributed by atoms with Gasteiger partial charge in [-0.25, -0.2) is 0 Å². The van der Waals surface area contributed by atoms with Crippen LogP contribution in [-0.2, 0) is 0 Å². The molecule has 0 saturated carbocycles. The predicted molar refractivity (Wildman–Crippen MR) is 98.9 cm³/mol. The fourth-order valence-corrected chi connectivity index (χ4v) is 7.33. The van der Waals surface area contributed by atoms with Gasteiger partial charge in [0.05, 0.1) is 0 Å². The summed E-state index contributed by atoms with van der Waals surface area (Å²) in [6, 6.07) is 0. The Labute approximate surface area is 132 Å². The normalized spacial score (nSPS) is 12.8. The molecule has 0 radical (unpaired) electrons. The minimum Gasteiger partial charge on any atom is -0.183 e. The van der Waals surface area contributed by atoms with E-state index in [2.05, 4.69) is 35.6 Å². The summed E-state index contributed by atoms with van der Waals surface area (Å²) in [6.07, 6.45) is 15.6. The van der Waals surface area contributed by atoms with E-state index < -0.39 is 8.46 Å². The Morgan fingerprint density at radius 2 is 0.842 bits per heavy atom. The SMILES string of the molecule is CCCCCCCS(Br)(CCCCC)CCCCC. The van der Waals surface area contributed by atoms with Crippen molar-refractivity contribution < 1.29 is 0 Å². The second-order valence-corrected chi connectivity index (χ2v) is 13.1. The third kappa shape index (κ3) is 12.3. The molecule has 0 amide bonds. The van der Waals surface area contributed by atoms with E-state index in [-0.39, 0.29) is 0 Å². The molecule has 0 N–H and O–H groups in total. The molecule has 0 rings (SSSR count). The van der Waals surface area contributed by atoms with E-state index in [0.717, 1.165) is 0 Å². The van der Waals surface area contributed by atoms with Gasteiger partial charge in [0.15, 0.2) is 0 Å². The van der Waals surface area contributed by atoms with Gasteiger partial charge >= 0.3 is 0 Å². The first-order chi connectivity index (χ1) is 9.18. The lowest BCUT2D eigenvalue weighted by atomic mass is 10.2. The largest absolute Gasteiger partial charge is 0.183 e. The van der Waals surface area contributed by atoms with Crippen molar-refractivity contribution in [3.05, 3.63) is 0 Å². The van der Waals surface area contributed by atoms with Gasteiger partial charge in [-0.1, -0.05) is 72.1 Å². The Kier molecular flexibility index (Phi) is 14.4. The fourth-order valence-electron chi connectivity index (χ4n) is 2.49. The van der Waals surface area contributed by atoms with E-state index in [4.69, 9.17) is 0 Å². The molecule has 0 spiro atoms. The smallest absolute Gasteiger partial charge is 0.0136 e. The number of hydrogen-bond acceptors (Lipinski definition) is 0. The summed E-state index contributed by atoms with van der Waals surface area (Å²) in [5, 5.41) is 0. The van der Waals surface area contributed by atoms with Crippen LogP contribution >= 0.6 is 23.3 Å². The molecule has 0 unspecified atom stereocenters. The minimum absolute atomic E-state index is 0.458. The first kappa shape index (κ1) is 19.8. The molecule has 0 heterocycles. The van der Waals surface area contributed by atoms with Crippen LogP contribution in [0.25, 0.3) is 0 Å². The third-order valence-electron chi connectivity index (χ3n) is 3.84. The van der Waals surface area contributed by atoms with E-state index in [0.29, 0.717) is 0 Å². The zero-order valence-electron chi connectivity index (χ0n) is 13.7. The lowest BCUT2D eigenvalue weighted by Gasteiger charge is -2.34. The average Bonchev–Trinajstić information content (AvgIpc) is 2.39. The molecule has 0 aliphatic carbocycles. The van der Waals surface area contributed by atoms with Crippen molar-refractivity contribution in [3.8, 4) is 0 Å². The third-order valence-corrected chi connectivity index (χ3v) is 9.82. The Bertz CT molecular complexity index is 172. The van der Waals surface area contributed by atoms with E-state index in [1.165, 1.54) is 87.9 Å². The highest BCUT2D eigenvalue weighted by Gasteiger charge is 2.19. The highest BCUT2D eigenvalue weighted by Crippen LogP contribution is 2.57. The van der Waals surface area contributed by atoms with Crippen LogP contribution in [0.15, 0.2) is 0 Å². The van der Waals surface area contributed by atoms with Crippen molar-refractivity contribution in [1.29, 1.82) is 0 Å². The quantitative estimate of drug-likeness (QED) is 0.284. The Hall–Kier alpha value is 0.830. The van der Waals surface area contributed by atoms with Gasteiger partial charge in [0, 0.05) is 0 Å². The van der Waals surface area contributed by atoms with E-state index in [1.54, 1.807) is 0 Å². The predicted octanol–water partition coefficient (Wildman–Crippen LogP) is 7.45. The first-order valence-corrected chi connectivity index (χ1v) is 12.6. The molecule has 0 nitrogen and oxygen atoms in total. The number of rotatable bonds is 14. The summed E-state index contributed by atoms with van der Waals surface area (Å²) in [5.41, 5.74) is 0. The van der Waals surface area contributed by atoms with Crippen LogP contribution in [0.5, 0.6) is 0 Å². The molecule has 0 aromatic rings. The molecule has 118 valence electrons. The second kappa shape index (κ2) is 13.8. The molecule has 0 aromatic carbocycles. The maximum absolute atomic E-state index is 4.20. The molecule has 2 heteroatoms. The van der Waals surface area contributed by atoms with Crippen molar-refractivity contribution >= 4 is 23.3 Å². The van der Waals surface area contributed by atoms with Crippen molar-refractivity contribution in [2.45, 2.75) is 91.4 Å². The monoisotopic (exact) mass is 352 g/mol. The molecular formula is C17H37BrS. The van der Waals surface area contributed by atoms with Crippen molar-refractivity contribution in [2.75, 3.05) is 17.3 Å². The van der Waals surface area contributed by atoms with Crippen molar-refractivity contribution in [2.24, 2.45) is 0 Å². The summed E-state index contributed by atoms with van der Waals surface area (Å²) in [7, 11) is -0.458. The molecule has 19 heavy (non-hydrogen) atoms. The molecule has 0 fully saturated rings. The van der Waals surface area contributed by atoms with Crippen LogP contribution < -0.4 is 0 Å². The standard InChI is InChI=1S/C17H37BrS/c1-4-7-10-11-14-17-19(18,15-12-8-5-2)16-13-9-6-3/h4-17H2,1-3H3. The van der Waals surface area contributed by atoms with Crippen LogP contribution in [0.2, 0.25) is 0 Å². The number of hydrogen-bond donors (Lipinski definition) is 0. The minimum atomic E-state index is -0.458. The van der Waals surface area contributed by atoms with Gasteiger partial charge in [0.1, 0.15) is 0 Å². The number of unbranched alkanes of at least 4 members (excludes halogenated alkanes) is 8. The van der Waals surface area contributed by atoms with Crippen LogP contribution in [-0.4, -0.2) is 17.3 Å². The highest BCUT2D eigenvalue weighted by molar-refractivity contribution is 9.58. The Morgan fingerprint density at radius 3 is 1.26 bits per heavy atom. The maximum atomic E-state index is 4.20. The maximum Gasteiger partial charge on any atom is -0.0136 e. The van der Waals surface area contributed by atoms with Gasteiger partial charge < -0.3 is 0 Å². The summed E-state index contributed by atoms with van der Waals surface area (Å²) in [6.45, 7) is 6.93. The summed E-state index contributed by atoms with van der Waals surface area (Å²) in [5.74, 6) is 4.42. The average molecular weight is 353 g/mol. The highest BCUT2D eigenvalue weighted by atomic mass is 79.9. The van der Waals surface area contributed by atoms with Gasteiger partial charge in [-0.2, -0.15) is 8.46 Å². The Balaban J connectivity index is 3.92. The molecule has 0 aliphatic rings. The van der Waals surface area contributed by atoms with E-state index in [1.807, 2.05) is 0 Å². The van der Waals surface area contributed by atoms with Crippen LogP contribution in [0.1, 0.15) is 91.4 Å². The lowest BCUT2D eigenvalue weighted by molar-refractivity contribution is 0.658. The van der Waals surface area contributed by atoms with Crippen molar-refractivity contribution in [3.63, 3.8) is 0 Å². The van der Waals surface area contributed by atoms with Gasteiger partial charge in [0.2, 0.25) is 0 Å². The van der Waals surface area contributed by atoms with Crippen LogP contribution in [0, 0.1) is 0 Å². The molecule has 0 atom stereocenters. The molecule has 0 saturated heterocycles. The topological polar surface area (TPSA) is 0 Å². The summed E-state index contributed by atoms with van der Waals surface area (Å²) in [4.78, 5) is 0. The summed E-state index contributed by atoms with van der Waals surface area (Å²) < 4.78 is 0. The second-order valence-electron chi connectivity index (χ2n) is 5.88. The van der Waals surface area contributed by atoms with Gasteiger partial charge in [-0.3, -0.25) is 0 Å². The lowest BCUT2D eigenvalue weighted by Crippen LogP contribution is -2.08. The first-order valence-electron chi connectivity index (χ1n) is 8.64. The van der Waals surface area contributed by atoms with Crippen LogP contribution in [0.4, 0.5) is 0 Å². The van der Waals surface area contributed by atoms with E-state index >= 15 is 0 Å². The molecular weight excluding hydrogens is 316 g/mol.